The molecule has 2 rings (SSSR count). The molecule has 0 radical (unpaired) electrons. The van der Waals surface area contributed by atoms with E-state index in [2.05, 4.69) is 30.8 Å². The smallest absolute Gasteiger partial charge is 0.228 e. The van der Waals surface area contributed by atoms with E-state index in [0.29, 0.717) is 5.82 Å². The minimum Gasteiger partial charge on any atom is -0.383 e. The van der Waals surface area contributed by atoms with Crippen molar-refractivity contribution in [3.63, 3.8) is 0 Å². The number of aromatic nitrogens is 2. The first-order valence-corrected chi connectivity index (χ1v) is 5.60. The van der Waals surface area contributed by atoms with Gasteiger partial charge in [0, 0.05) is 19.2 Å². The minimum atomic E-state index is 0.521. The second kappa shape index (κ2) is 4.13. The highest BCUT2D eigenvalue weighted by Gasteiger charge is 2.13. The number of hydrogen-bond acceptors (Lipinski definition) is 4. The first-order valence-electron chi connectivity index (χ1n) is 4.81. The molecule has 1 saturated heterocycles. The number of nitrogen functional groups attached to an aromatic ring is 1. The lowest BCUT2D eigenvalue weighted by molar-refractivity contribution is 0.568. The quantitative estimate of drug-likeness (QED) is 0.779. The molecule has 76 valence electrons. The third-order valence-electron chi connectivity index (χ3n) is 2.34. The normalized spacial score (nSPS) is 17.1. The van der Waals surface area contributed by atoms with Crippen molar-refractivity contribution in [1.82, 2.24) is 9.97 Å². The number of hydrogen-bond donors (Lipinski definition) is 1. The van der Waals surface area contributed by atoms with Crippen LogP contribution in [0.2, 0.25) is 0 Å². The molecule has 1 aromatic rings. The van der Waals surface area contributed by atoms with E-state index in [9.17, 15) is 0 Å². The van der Waals surface area contributed by atoms with Crippen molar-refractivity contribution in [3.05, 3.63) is 10.7 Å². The highest BCUT2D eigenvalue weighted by molar-refractivity contribution is 9.10. The van der Waals surface area contributed by atoms with Crippen LogP contribution in [-0.2, 0) is 0 Å². The summed E-state index contributed by atoms with van der Waals surface area (Å²) in [5.74, 6) is 1.27. The molecule has 1 aromatic heterocycles. The van der Waals surface area contributed by atoms with Crippen LogP contribution in [0.3, 0.4) is 0 Å². The van der Waals surface area contributed by atoms with Crippen LogP contribution in [0, 0.1) is 0 Å². The molecule has 0 bridgehead atoms. The summed E-state index contributed by atoms with van der Waals surface area (Å²) < 4.78 is 0.755. The van der Waals surface area contributed by atoms with Crippen LogP contribution in [0.15, 0.2) is 10.7 Å². The van der Waals surface area contributed by atoms with Gasteiger partial charge in [-0.2, -0.15) is 4.98 Å². The van der Waals surface area contributed by atoms with Crippen LogP contribution in [0.5, 0.6) is 0 Å². The zero-order valence-electron chi connectivity index (χ0n) is 7.91. The van der Waals surface area contributed by atoms with Crippen LogP contribution in [0.25, 0.3) is 0 Å². The van der Waals surface area contributed by atoms with Crippen LogP contribution in [0.1, 0.15) is 19.3 Å². The molecular weight excluding hydrogens is 244 g/mol. The Labute approximate surface area is 91.7 Å². The van der Waals surface area contributed by atoms with Gasteiger partial charge >= 0.3 is 0 Å². The Morgan fingerprint density at radius 3 is 2.57 bits per heavy atom. The predicted molar refractivity (Wildman–Crippen MR) is 60.2 cm³/mol. The molecule has 4 nitrogen and oxygen atoms in total. The van der Waals surface area contributed by atoms with Crippen LogP contribution < -0.4 is 10.6 Å². The second-order valence-electron chi connectivity index (χ2n) is 3.46. The first kappa shape index (κ1) is 9.71. The van der Waals surface area contributed by atoms with E-state index < -0.39 is 0 Å². The number of nitrogens with zero attached hydrogens (tertiary/aromatic N) is 3. The maximum absolute atomic E-state index is 5.66. The highest BCUT2D eigenvalue weighted by Crippen LogP contribution is 2.19. The molecular formula is C9H13BrN4. The summed E-state index contributed by atoms with van der Waals surface area (Å²) in [5, 5.41) is 0. The molecule has 0 atom stereocenters. The molecule has 0 aromatic carbocycles. The number of anilines is 2. The van der Waals surface area contributed by atoms with E-state index in [-0.39, 0.29) is 0 Å². The third kappa shape index (κ3) is 2.15. The molecule has 0 amide bonds. The fraction of sp³-hybridized carbons (Fsp3) is 0.556. The Bertz CT molecular complexity index is 302. The van der Waals surface area contributed by atoms with E-state index in [4.69, 9.17) is 5.73 Å². The summed E-state index contributed by atoms with van der Waals surface area (Å²) in [6.45, 7) is 2.08. The van der Waals surface area contributed by atoms with Crippen molar-refractivity contribution in [2.24, 2.45) is 0 Å². The fourth-order valence-corrected chi connectivity index (χ4v) is 2.05. The number of rotatable bonds is 1. The van der Waals surface area contributed by atoms with Gasteiger partial charge in [0.25, 0.3) is 0 Å². The Hall–Kier alpha value is -0.840. The summed E-state index contributed by atoms with van der Waals surface area (Å²) in [7, 11) is 0. The Balaban J connectivity index is 2.21. The van der Waals surface area contributed by atoms with Gasteiger partial charge in [0.1, 0.15) is 10.4 Å². The molecule has 1 aliphatic rings. The van der Waals surface area contributed by atoms with Crippen molar-refractivity contribution in [3.8, 4) is 0 Å². The largest absolute Gasteiger partial charge is 0.383 e. The molecule has 0 saturated carbocycles. The summed E-state index contributed by atoms with van der Waals surface area (Å²) in [4.78, 5) is 10.7. The van der Waals surface area contributed by atoms with Gasteiger partial charge in [0.2, 0.25) is 5.95 Å². The summed E-state index contributed by atoms with van der Waals surface area (Å²) in [6, 6.07) is 1.72. The molecule has 2 N–H and O–H groups in total. The van der Waals surface area contributed by atoms with Crippen molar-refractivity contribution in [2.75, 3.05) is 23.7 Å². The fourth-order valence-electron chi connectivity index (χ4n) is 1.66. The van der Waals surface area contributed by atoms with Crippen LogP contribution in [0.4, 0.5) is 11.8 Å². The lowest BCUT2D eigenvalue weighted by Gasteiger charge is -2.26. The molecule has 2 heterocycles. The maximum atomic E-state index is 5.66. The van der Waals surface area contributed by atoms with Gasteiger partial charge < -0.3 is 10.6 Å². The lowest BCUT2D eigenvalue weighted by atomic mass is 10.1. The van der Waals surface area contributed by atoms with Crippen LogP contribution >= 0.6 is 15.9 Å². The molecule has 1 fully saturated rings. The van der Waals surface area contributed by atoms with Crippen molar-refractivity contribution in [1.29, 1.82) is 0 Å². The van der Waals surface area contributed by atoms with Crippen molar-refractivity contribution < 1.29 is 0 Å². The Morgan fingerprint density at radius 1 is 1.21 bits per heavy atom. The molecule has 14 heavy (non-hydrogen) atoms. The van der Waals surface area contributed by atoms with Crippen molar-refractivity contribution in [2.45, 2.75) is 19.3 Å². The Kier molecular flexibility index (Phi) is 2.86. The number of halogens is 1. The molecule has 0 unspecified atom stereocenters. The van der Waals surface area contributed by atoms with Crippen molar-refractivity contribution >= 4 is 27.7 Å². The maximum Gasteiger partial charge on any atom is 0.228 e. The molecule has 0 spiro atoms. The van der Waals surface area contributed by atoms with Gasteiger partial charge in [-0.25, -0.2) is 4.98 Å². The monoisotopic (exact) mass is 256 g/mol. The first-order chi connectivity index (χ1) is 6.75. The number of nitrogens with two attached hydrogens (primary N) is 1. The average molecular weight is 257 g/mol. The Morgan fingerprint density at radius 2 is 1.93 bits per heavy atom. The van der Waals surface area contributed by atoms with E-state index >= 15 is 0 Å². The zero-order chi connectivity index (χ0) is 9.97. The van der Waals surface area contributed by atoms with E-state index in [1.807, 2.05) is 0 Å². The number of piperidine rings is 1. The lowest BCUT2D eigenvalue weighted by Crippen LogP contribution is -2.31. The molecule has 0 aliphatic carbocycles. The van der Waals surface area contributed by atoms with E-state index in [1.54, 1.807) is 6.07 Å². The topological polar surface area (TPSA) is 55.0 Å². The standard InChI is InChI=1S/C9H13BrN4/c10-7-6-8(11)13-9(12-7)14-4-2-1-3-5-14/h6H,1-5H2,(H2,11,12,13). The van der Waals surface area contributed by atoms with Crippen LogP contribution in [-0.4, -0.2) is 23.1 Å². The van der Waals surface area contributed by atoms with Gasteiger partial charge in [-0.1, -0.05) is 0 Å². The summed E-state index contributed by atoms with van der Waals surface area (Å²) in [6.07, 6.45) is 3.74. The highest BCUT2D eigenvalue weighted by atomic mass is 79.9. The van der Waals surface area contributed by atoms with Gasteiger partial charge in [-0.05, 0) is 35.2 Å². The summed E-state index contributed by atoms with van der Waals surface area (Å²) >= 11 is 3.32. The second-order valence-corrected chi connectivity index (χ2v) is 4.28. The minimum absolute atomic E-state index is 0.521. The van der Waals surface area contributed by atoms with E-state index in [1.165, 1.54) is 19.3 Å². The van der Waals surface area contributed by atoms with Gasteiger partial charge in [0.05, 0.1) is 0 Å². The van der Waals surface area contributed by atoms with Gasteiger partial charge in [-0.3, -0.25) is 0 Å². The SMILES string of the molecule is Nc1cc(Br)nc(N2CCCCC2)n1. The third-order valence-corrected chi connectivity index (χ3v) is 2.75. The zero-order valence-corrected chi connectivity index (χ0v) is 9.50. The van der Waals surface area contributed by atoms with Gasteiger partial charge in [-0.15, -0.1) is 0 Å². The van der Waals surface area contributed by atoms with E-state index in [0.717, 1.165) is 23.6 Å². The summed E-state index contributed by atoms with van der Waals surface area (Å²) in [5.41, 5.74) is 5.66. The molecule has 5 heteroatoms. The van der Waals surface area contributed by atoms with Gasteiger partial charge in [0.15, 0.2) is 0 Å². The average Bonchev–Trinajstić information content (AvgIpc) is 2.18. The molecule has 1 aliphatic heterocycles. The predicted octanol–water partition coefficient (Wildman–Crippen LogP) is 1.81.